The van der Waals surface area contributed by atoms with Crippen molar-refractivity contribution in [2.45, 2.75) is 13.3 Å². The van der Waals surface area contributed by atoms with E-state index in [0.29, 0.717) is 6.42 Å². The van der Waals surface area contributed by atoms with Crippen molar-refractivity contribution in [2.24, 2.45) is 5.41 Å². The summed E-state index contributed by atoms with van der Waals surface area (Å²) in [6.07, 6.45) is 0.594. The van der Waals surface area contributed by atoms with Crippen LogP contribution in [0.2, 0.25) is 0 Å². The molecule has 0 aromatic carbocycles. The average molecular weight is 168 g/mol. The number of aliphatic hydroxyl groups excluding tert-OH is 3. The van der Waals surface area contributed by atoms with E-state index in [-0.39, 0.29) is 29.7 Å². The zero-order chi connectivity index (χ0) is 7.33. The van der Waals surface area contributed by atoms with E-state index in [2.05, 4.69) is 0 Å². The summed E-state index contributed by atoms with van der Waals surface area (Å²) >= 11 is 0. The number of hydrogen-bond acceptors (Lipinski definition) is 3. The van der Waals surface area contributed by atoms with Crippen LogP contribution in [0.1, 0.15) is 13.3 Å². The first-order valence-electron chi connectivity index (χ1n) is 3.07. The minimum absolute atomic E-state index is 0. The predicted molar refractivity (Wildman–Crippen MR) is 45.1 cm³/mol. The Morgan fingerprint density at radius 1 is 1.00 bits per heavy atom. The van der Waals surface area contributed by atoms with Crippen LogP contribution in [0.4, 0.5) is 0 Å². The van der Waals surface area contributed by atoms with Crippen LogP contribution in [0.5, 0.6) is 0 Å². The fourth-order valence-corrected chi connectivity index (χ4v) is 0.485. The SMILES string of the molecule is CCC(CO)(CO)CO.P. The molecule has 0 heterocycles. The maximum absolute atomic E-state index is 8.66. The molecule has 0 rings (SSSR count). The molecule has 0 aliphatic heterocycles. The summed E-state index contributed by atoms with van der Waals surface area (Å²) in [6, 6.07) is 0. The molecule has 0 bridgehead atoms. The number of rotatable bonds is 4. The fraction of sp³-hybridized carbons (Fsp3) is 1.00. The lowest BCUT2D eigenvalue weighted by molar-refractivity contribution is 0.00304. The Morgan fingerprint density at radius 3 is 1.30 bits per heavy atom. The molecule has 0 aliphatic rings. The Morgan fingerprint density at radius 2 is 1.30 bits per heavy atom. The third-order valence-corrected chi connectivity index (χ3v) is 1.76. The highest BCUT2D eigenvalue weighted by Gasteiger charge is 2.24. The first kappa shape index (κ1) is 12.9. The molecule has 3 nitrogen and oxygen atoms in total. The van der Waals surface area contributed by atoms with Crippen LogP contribution < -0.4 is 0 Å². The Bertz CT molecular complexity index is 55.9. The molecule has 0 fully saturated rings. The van der Waals surface area contributed by atoms with Gasteiger partial charge in [0, 0.05) is 5.41 Å². The highest BCUT2D eigenvalue weighted by molar-refractivity contribution is 6.92. The smallest absolute Gasteiger partial charge is 0.0531 e. The summed E-state index contributed by atoms with van der Waals surface area (Å²) in [5, 5.41) is 26.0. The van der Waals surface area contributed by atoms with Gasteiger partial charge in [0.15, 0.2) is 0 Å². The van der Waals surface area contributed by atoms with Gasteiger partial charge in [-0.05, 0) is 6.42 Å². The second kappa shape index (κ2) is 6.05. The van der Waals surface area contributed by atoms with Crippen molar-refractivity contribution in [3.8, 4) is 0 Å². The zero-order valence-corrected chi connectivity index (χ0v) is 7.79. The standard InChI is InChI=1S/C6H14O3.H3P/c1-2-6(3-7,4-8)5-9;/h7-9H,2-5H2,1H3;1H3. The first-order chi connectivity index (χ1) is 4.24. The summed E-state index contributed by atoms with van der Waals surface area (Å²) < 4.78 is 0. The predicted octanol–water partition coefficient (Wildman–Crippen LogP) is -0.582. The van der Waals surface area contributed by atoms with Gasteiger partial charge in [-0.1, -0.05) is 6.92 Å². The van der Waals surface area contributed by atoms with E-state index in [1.54, 1.807) is 0 Å². The van der Waals surface area contributed by atoms with E-state index in [1.807, 2.05) is 6.92 Å². The molecular weight excluding hydrogens is 151 g/mol. The Balaban J connectivity index is 0. The molecule has 10 heavy (non-hydrogen) atoms. The molecule has 0 radical (unpaired) electrons. The molecule has 64 valence electrons. The van der Waals surface area contributed by atoms with E-state index >= 15 is 0 Å². The zero-order valence-electron chi connectivity index (χ0n) is 6.38. The van der Waals surface area contributed by atoms with Gasteiger partial charge in [-0.3, -0.25) is 0 Å². The van der Waals surface area contributed by atoms with Crippen molar-refractivity contribution >= 4 is 9.90 Å². The van der Waals surface area contributed by atoms with Gasteiger partial charge in [-0.15, -0.1) is 0 Å². The summed E-state index contributed by atoms with van der Waals surface area (Å²) in [4.78, 5) is 0. The lowest BCUT2D eigenvalue weighted by atomic mass is 9.88. The van der Waals surface area contributed by atoms with E-state index < -0.39 is 5.41 Å². The maximum atomic E-state index is 8.66. The summed E-state index contributed by atoms with van der Waals surface area (Å²) in [7, 11) is 0. The quantitative estimate of drug-likeness (QED) is 0.492. The normalized spacial score (nSPS) is 10.8. The van der Waals surface area contributed by atoms with E-state index in [9.17, 15) is 0 Å². The molecule has 1 atom stereocenters. The van der Waals surface area contributed by atoms with Crippen LogP contribution in [-0.4, -0.2) is 35.1 Å². The van der Waals surface area contributed by atoms with Crippen molar-refractivity contribution in [1.29, 1.82) is 0 Å². The highest BCUT2D eigenvalue weighted by Crippen LogP contribution is 2.18. The molecule has 0 amide bonds. The second-order valence-corrected chi connectivity index (χ2v) is 2.33. The van der Waals surface area contributed by atoms with Crippen LogP contribution in [0.15, 0.2) is 0 Å². The van der Waals surface area contributed by atoms with Gasteiger partial charge >= 0.3 is 0 Å². The van der Waals surface area contributed by atoms with Crippen LogP contribution in [-0.2, 0) is 0 Å². The van der Waals surface area contributed by atoms with Crippen LogP contribution in [0.25, 0.3) is 0 Å². The van der Waals surface area contributed by atoms with Gasteiger partial charge in [-0.25, -0.2) is 0 Å². The topological polar surface area (TPSA) is 60.7 Å². The molecule has 3 N–H and O–H groups in total. The molecule has 0 aromatic heterocycles. The summed E-state index contributed by atoms with van der Waals surface area (Å²) in [5.74, 6) is 0. The monoisotopic (exact) mass is 168 g/mol. The highest BCUT2D eigenvalue weighted by atomic mass is 31.0. The molecule has 0 aromatic rings. The summed E-state index contributed by atoms with van der Waals surface area (Å²) in [5.41, 5.74) is -0.667. The van der Waals surface area contributed by atoms with Crippen molar-refractivity contribution in [1.82, 2.24) is 0 Å². The van der Waals surface area contributed by atoms with Crippen molar-refractivity contribution in [3.63, 3.8) is 0 Å². The third kappa shape index (κ3) is 2.93. The summed E-state index contributed by atoms with van der Waals surface area (Å²) in [6.45, 7) is 1.35. The molecule has 1 unspecified atom stereocenters. The van der Waals surface area contributed by atoms with Crippen LogP contribution >= 0.6 is 9.90 Å². The molecule has 4 heteroatoms. The average Bonchev–Trinajstić information content (AvgIpc) is 1.95. The Labute approximate surface area is 64.7 Å². The number of hydrogen-bond donors (Lipinski definition) is 3. The van der Waals surface area contributed by atoms with E-state index in [1.165, 1.54) is 0 Å². The van der Waals surface area contributed by atoms with Gasteiger partial charge < -0.3 is 15.3 Å². The molecule has 0 saturated heterocycles. The lowest BCUT2D eigenvalue weighted by Gasteiger charge is -2.24. The van der Waals surface area contributed by atoms with Gasteiger partial charge in [0.1, 0.15) is 0 Å². The molecule has 0 aliphatic carbocycles. The molecule has 0 saturated carbocycles. The Hall–Kier alpha value is 0.310. The van der Waals surface area contributed by atoms with E-state index in [0.717, 1.165) is 0 Å². The maximum Gasteiger partial charge on any atom is 0.0531 e. The third-order valence-electron chi connectivity index (χ3n) is 1.76. The first-order valence-corrected chi connectivity index (χ1v) is 3.07. The molecular formula is C6H17O3P. The second-order valence-electron chi connectivity index (χ2n) is 2.33. The van der Waals surface area contributed by atoms with Crippen molar-refractivity contribution < 1.29 is 15.3 Å². The van der Waals surface area contributed by atoms with Gasteiger partial charge in [0.25, 0.3) is 0 Å². The largest absolute Gasteiger partial charge is 0.396 e. The van der Waals surface area contributed by atoms with Crippen molar-refractivity contribution in [2.75, 3.05) is 19.8 Å². The van der Waals surface area contributed by atoms with Gasteiger partial charge in [0.05, 0.1) is 19.8 Å². The van der Waals surface area contributed by atoms with Crippen LogP contribution in [0.3, 0.4) is 0 Å². The molecule has 0 spiro atoms. The van der Waals surface area contributed by atoms with Crippen molar-refractivity contribution in [3.05, 3.63) is 0 Å². The lowest BCUT2D eigenvalue weighted by Crippen LogP contribution is -2.32. The fourth-order valence-electron chi connectivity index (χ4n) is 0.485. The van der Waals surface area contributed by atoms with Gasteiger partial charge in [0.2, 0.25) is 0 Å². The van der Waals surface area contributed by atoms with Gasteiger partial charge in [-0.2, -0.15) is 9.90 Å². The number of aliphatic hydroxyl groups is 3. The van der Waals surface area contributed by atoms with Crippen LogP contribution in [0, 0.1) is 5.41 Å². The minimum Gasteiger partial charge on any atom is -0.396 e. The Kier molecular flexibility index (Phi) is 7.83. The van der Waals surface area contributed by atoms with E-state index in [4.69, 9.17) is 15.3 Å². The minimum atomic E-state index is -0.667.